The van der Waals surface area contributed by atoms with E-state index in [1.807, 2.05) is 0 Å². The number of anilines is 1. The largest absolute Gasteiger partial charge is 0.453 e. The average Bonchev–Trinajstić information content (AvgIpc) is 2.99. The lowest BCUT2D eigenvalue weighted by Gasteiger charge is -2.09. The molecule has 112 valence electrons. The standard InChI is InChI=1S/C15H11ClFN3O2/c16-8-14(21)20-9-1-2-13(11(17)7-9)22-12-4-6-19-15-10(12)3-5-18-15/h1-7H,8H2,(H,18,19)(H,20,21). The molecule has 0 saturated carbocycles. The second-order valence-electron chi connectivity index (χ2n) is 4.48. The van der Waals surface area contributed by atoms with Crippen LogP contribution in [0.15, 0.2) is 42.7 Å². The van der Waals surface area contributed by atoms with Crippen LogP contribution in [0.25, 0.3) is 11.0 Å². The third kappa shape index (κ3) is 2.87. The highest BCUT2D eigenvalue weighted by Crippen LogP contribution is 2.30. The van der Waals surface area contributed by atoms with Gasteiger partial charge >= 0.3 is 0 Å². The molecule has 2 heterocycles. The number of carbonyl (C=O) groups excluding carboxylic acids is 1. The van der Waals surface area contributed by atoms with Gasteiger partial charge in [0.2, 0.25) is 5.91 Å². The van der Waals surface area contributed by atoms with Crippen LogP contribution in [0.3, 0.4) is 0 Å². The molecule has 7 heteroatoms. The Balaban J connectivity index is 1.86. The van der Waals surface area contributed by atoms with E-state index < -0.39 is 11.7 Å². The minimum Gasteiger partial charge on any atom is -0.453 e. The summed E-state index contributed by atoms with van der Waals surface area (Å²) in [6.07, 6.45) is 3.30. The highest BCUT2D eigenvalue weighted by atomic mass is 35.5. The molecule has 0 atom stereocenters. The third-order valence-electron chi connectivity index (χ3n) is 2.98. The molecule has 3 aromatic rings. The van der Waals surface area contributed by atoms with Crippen LogP contribution in [-0.2, 0) is 4.79 Å². The molecule has 5 nitrogen and oxygen atoms in total. The maximum absolute atomic E-state index is 14.1. The van der Waals surface area contributed by atoms with Crippen LogP contribution >= 0.6 is 11.6 Å². The van der Waals surface area contributed by atoms with Crippen molar-refractivity contribution in [3.63, 3.8) is 0 Å². The number of alkyl halides is 1. The zero-order valence-electron chi connectivity index (χ0n) is 11.3. The van der Waals surface area contributed by atoms with Crippen LogP contribution in [0.1, 0.15) is 0 Å². The van der Waals surface area contributed by atoms with Gasteiger partial charge in [-0.25, -0.2) is 9.37 Å². The normalized spacial score (nSPS) is 10.6. The summed E-state index contributed by atoms with van der Waals surface area (Å²) >= 11 is 5.39. The van der Waals surface area contributed by atoms with Crippen molar-refractivity contribution >= 4 is 34.2 Å². The fraction of sp³-hybridized carbons (Fsp3) is 0.0667. The number of benzene rings is 1. The van der Waals surface area contributed by atoms with Gasteiger partial charge in [-0.05, 0) is 24.3 Å². The topological polar surface area (TPSA) is 67.0 Å². The van der Waals surface area contributed by atoms with Gasteiger partial charge in [0.15, 0.2) is 11.6 Å². The lowest BCUT2D eigenvalue weighted by molar-refractivity contribution is -0.113. The molecule has 22 heavy (non-hydrogen) atoms. The number of fused-ring (bicyclic) bond motifs is 1. The molecule has 2 aromatic heterocycles. The molecule has 0 unspecified atom stereocenters. The number of hydrogen-bond acceptors (Lipinski definition) is 3. The predicted molar refractivity (Wildman–Crippen MR) is 81.9 cm³/mol. The molecule has 1 amide bonds. The number of carbonyl (C=O) groups is 1. The molecular formula is C15H11ClFN3O2. The van der Waals surface area contributed by atoms with Crippen LogP contribution < -0.4 is 10.1 Å². The SMILES string of the molecule is O=C(CCl)Nc1ccc(Oc2ccnc3[nH]ccc23)c(F)c1. The van der Waals surface area contributed by atoms with E-state index in [1.54, 1.807) is 30.6 Å². The molecule has 0 fully saturated rings. The molecule has 1 aromatic carbocycles. The number of pyridine rings is 1. The summed E-state index contributed by atoms with van der Waals surface area (Å²) in [6.45, 7) is 0. The van der Waals surface area contributed by atoms with E-state index in [0.717, 1.165) is 5.39 Å². The van der Waals surface area contributed by atoms with Crippen molar-refractivity contribution in [1.82, 2.24) is 9.97 Å². The van der Waals surface area contributed by atoms with E-state index in [0.29, 0.717) is 17.1 Å². The summed E-state index contributed by atoms with van der Waals surface area (Å²) in [4.78, 5) is 18.3. The maximum atomic E-state index is 14.1. The van der Waals surface area contributed by atoms with Crippen LogP contribution in [-0.4, -0.2) is 21.8 Å². The molecule has 0 bridgehead atoms. The van der Waals surface area contributed by atoms with Gasteiger partial charge in [0, 0.05) is 24.1 Å². The fourth-order valence-corrected chi connectivity index (χ4v) is 2.07. The molecule has 2 N–H and O–H groups in total. The Labute approximate surface area is 130 Å². The Morgan fingerprint density at radius 3 is 2.95 bits per heavy atom. The van der Waals surface area contributed by atoms with Crippen molar-refractivity contribution in [2.75, 3.05) is 11.2 Å². The molecule has 0 spiro atoms. The second-order valence-corrected chi connectivity index (χ2v) is 4.75. The highest BCUT2D eigenvalue weighted by Gasteiger charge is 2.10. The van der Waals surface area contributed by atoms with Crippen molar-refractivity contribution in [3.8, 4) is 11.5 Å². The van der Waals surface area contributed by atoms with E-state index in [1.165, 1.54) is 12.1 Å². The van der Waals surface area contributed by atoms with Gasteiger partial charge in [-0.15, -0.1) is 11.6 Å². The van der Waals surface area contributed by atoms with E-state index in [2.05, 4.69) is 15.3 Å². The van der Waals surface area contributed by atoms with E-state index in [9.17, 15) is 9.18 Å². The Morgan fingerprint density at radius 2 is 2.18 bits per heavy atom. The first kappa shape index (κ1) is 14.3. The number of H-pyrrole nitrogens is 1. The van der Waals surface area contributed by atoms with Crippen molar-refractivity contribution < 1.29 is 13.9 Å². The molecule has 0 aliphatic rings. The summed E-state index contributed by atoms with van der Waals surface area (Å²) in [5.41, 5.74) is 0.973. The number of halogens is 2. The average molecular weight is 320 g/mol. The Kier molecular flexibility index (Phi) is 3.93. The fourth-order valence-electron chi connectivity index (χ4n) is 2.00. The van der Waals surface area contributed by atoms with Gasteiger partial charge in [0.1, 0.15) is 17.3 Å². The van der Waals surface area contributed by atoms with Crippen molar-refractivity contribution in [1.29, 1.82) is 0 Å². The Hall–Kier alpha value is -2.60. The van der Waals surface area contributed by atoms with E-state index in [-0.39, 0.29) is 11.6 Å². The number of ether oxygens (including phenoxy) is 1. The number of rotatable bonds is 4. The first-order valence-electron chi connectivity index (χ1n) is 6.42. The highest BCUT2D eigenvalue weighted by molar-refractivity contribution is 6.29. The predicted octanol–water partition coefficient (Wildman–Crippen LogP) is 3.67. The summed E-state index contributed by atoms with van der Waals surface area (Å²) in [5.74, 6) is -0.645. The van der Waals surface area contributed by atoms with Gasteiger partial charge < -0.3 is 15.0 Å². The quantitative estimate of drug-likeness (QED) is 0.721. The van der Waals surface area contributed by atoms with Gasteiger partial charge in [0.05, 0.1) is 5.39 Å². The smallest absolute Gasteiger partial charge is 0.239 e. The first-order chi connectivity index (χ1) is 10.7. The molecule has 0 saturated heterocycles. The van der Waals surface area contributed by atoms with Crippen molar-refractivity contribution in [2.45, 2.75) is 0 Å². The van der Waals surface area contributed by atoms with E-state index >= 15 is 0 Å². The van der Waals surface area contributed by atoms with Crippen LogP contribution in [0.5, 0.6) is 11.5 Å². The number of amides is 1. The minimum absolute atomic E-state index is 0.0533. The number of aromatic nitrogens is 2. The summed E-state index contributed by atoms with van der Waals surface area (Å²) in [7, 11) is 0. The van der Waals surface area contributed by atoms with Gasteiger partial charge in [-0.2, -0.15) is 0 Å². The number of aromatic amines is 1. The first-order valence-corrected chi connectivity index (χ1v) is 6.96. The van der Waals surface area contributed by atoms with Crippen LogP contribution in [0.4, 0.5) is 10.1 Å². The number of nitrogens with one attached hydrogen (secondary N) is 2. The van der Waals surface area contributed by atoms with Crippen LogP contribution in [0, 0.1) is 5.82 Å². The van der Waals surface area contributed by atoms with Gasteiger partial charge in [-0.3, -0.25) is 4.79 Å². The summed E-state index contributed by atoms with van der Waals surface area (Å²) in [6, 6.07) is 7.61. The molecule has 0 radical (unpaired) electrons. The van der Waals surface area contributed by atoms with Gasteiger partial charge in [0.25, 0.3) is 0 Å². The summed E-state index contributed by atoms with van der Waals surface area (Å²) < 4.78 is 19.7. The second kappa shape index (κ2) is 6.03. The minimum atomic E-state index is -0.590. The molecular weight excluding hydrogens is 309 g/mol. The Morgan fingerprint density at radius 1 is 1.32 bits per heavy atom. The third-order valence-corrected chi connectivity index (χ3v) is 3.22. The van der Waals surface area contributed by atoms with Gasteiger partial charge in [-0.1, -0.05) is 0 Å². The Bertz CT molecular complexity index is 835. The lowest BCUT2D eigenvalue weighted by Crippen LogP contribution is -2.12. The molecule has 3 rings (SSSR count). The zero-order valence-corrected chi connectivity index (χ0v) is 12.0. The van der Waals surface area contributed by atoms with Crippen molar-refractivity contribution in [3.05, 3.63) is 48.5 Å². The molecule has 0 aliphatic carbocycles. The summed E-state index contributed by atoms with van der Waals surface area (Å²) in [5, 5.41) is 3.22. The maximum Gasteiger partial charge on any atom is 0.239 e. The van der Waals surface area contributed by atoms with Crippen LogP contribution in [0.2, 0.25) is 0 Å². The van der Waals surface area contributed by atoms with Crippen molar-refractivity contribution in [2.24, 2.45) is 0 Å². The zero-order chi connectivity index (χ0) is 15.5. The number of hydrogen-bond donors (Lipinski definition) is 2. The number of nitrogens with zero attached hydrogens (tertiary/aromatic N) is 1. The van der Waals surface area contributed by atoms with E-state index in [4.69, 9.17) is 16.3 Å². The monoisotopic (exact) mass is 319 g/mol. The lowest BCUT2D eigenvalue weighted by atomic mass is 10.2. The molecule has 0 aliphatic heterocycles.